The summed E-state index contributed by atoms with van der Waals surface area (Å²) in [7, 11) is 0. The molecule has 0 saturated heterocycles. The highest BCUT2D eigenvalue weighted by molar-refractivity contribution is 6.01. The lowest BCUT2D eigenvalue weighted by atomic mass is 9.98. The van der Waals surface area contributed by atoms with Gasteiger partial charge in [0.25, 0.3) is 0 Å². The maximum atomic E-state index is 11.3. The van der Waals surface area contributed by atoms with Gasteiger partial charge in [-0.3, -0.25) is 0 Å². The summed E-state index contributed by atoms with van der Waals surface area (Å²) >= 11 is 0. The van der Waals surface area contributed by atoms with Crippen LogP contribution in [-0.4, -0.2) is 35.6 Å². The van der Waals surface area contributed by atoms with Crippen LogP contribution in [-0.2, 0) is 27.2 Å². The molecule has 136 valence electrons. The fourth-order valence-corrected chi connectivity index (χ4v) is 3.10. The van der Waals surface area contributed by atoms with E-state index in [-0.39, 0.29) is 6.10 Å². The number of oxime groups is 1. The normalized spacial score (nSPS) is 17.4. The minimum absolute atomic E-state index is 0.0336. The second-order valence-electron chi connectivity index (χ2n) is 6.35. The summed E-state index contributed by atoms with van der Waals surface area (Å²) in [4.78, 5) is 16.9. The summed E-state index contributed by atoms with van der Waals surface area (Å²) in [5, 5.41) is 13.5. The molecule has 2 aromatic carbocycles. The molecule has 0 fully saturated rings. The molecule has 5 heteroatoms. The van der Waals surface area contributed by atoms with Crippen molar-refractivity contribution in [1.82, 2.24) is 0 Å². The molecule has 5 nitrogen and oxygen atoms in total. The van der Waals surface area contributed by atoms with Crippen molar-refractivity contribution >= 4 is 11.7 Å². The summed E-state index contributed by atoms with van der Waals surface area (Å²) in [5.74, 6) is -0.943. The average molecular weight is 353 g/mol. The van der Waals surface area contributed by atoms with Gasteiger partial charge in [0.1, 0.15) is 6.10 Å². The van der Waals surface area contributed by atoms with E-state index in [9.17, 15) is 9.90 Å². The molecule has 2 aromatic rings. The van der Waals surface area contributed by atoms with Crippen molar-refractivity contribution < 1.29 is 19.5 Å². The maximum absolute atomic E-state index is 11.3. The van der Waals surface area contributed by atoms with Crippen LogP contribution in [0.2, 0.25) is 0 Å². The zero-order valence-electron chi connectivity index (χ0n) is 14.8. The summed E-state index contributed by atoms with van der Waals surface area (Å²) in [6.45, 7) is 2.17. The van der Waals surface area contributed by atoms with E-state index in [0.29, 0.717) is 13.0 Å². The quantitative estimate of drug-likeness (QED) is 0.789. The molecule has 1 N–H and O–H groups in total. The summed E-state index contributed by atoms with van der Waals surface area (Å²) < 4.78 is 5.30. The van der Waals surface area contributed by atoms with Crippen LogP contribution in [0, 0.1) is 0 Å². The van der Waals surface area contributed by atoms with E-state index in [2.05, 4.69) is 17.3 Å². The van der Waals surface area contributed by atoms with Crippen LogP contribution in [0.15, 0.2) is 59.8 Å². The first-order chi connectivity index (χ1) is 12.7. The predicted molar refractivity (Wildman–Crippen MR) is 99.4 cm³/mol. The van der Waals surface area contributed by atoms with E-state index in [1.165, 1.54) is 5.56 Å². The molecule has 0 bridgehead atoms. The van der Waals surface area contributed by atoms with Crippen molar-refractivity contribution in [2.45, 2.75) is 38.4 Å². The fourth-order valence-electron chi connectivity index (χ4n) is 3.10. The molecule has 3 rings (SSSR count). The Morgan fingerprint density at radius 3 is 2.73 bits per heavy atom. The summed E-state index contributed by atoms with van der Waals surface area (Å²) in [5.41, 5.74) is 4.01. The molecule has 26 heavy (non-hydrogen) atoms. The predicted octanol–water partition coefficient (Wildman–Crippen LogP) is 3.45. The van der Waals surface area contributed by atoms with E-state index in [4.69, 9.17) is 9.57 Å². The zero-order valence-corrected chi connectivity index (χ0v) is 14.8. The highest BCUT2D eigenvalue weighted by Crippen LogP contribution is 2.21. The molecular formula is C21H23NO4. The van der Waals surface area contributed by atoms with Gasteiger partial charge >= 0.3 is 5.97 Å². The van der Waals surface area contributed by atoms with Crippen molar-refractivity contribution in [3.8, 4) is 0 Å². The maximum Gasteiger partial charge on any atom is 0.333 e. The van der Waals surface area contributed by atoms with E-state index in [1.807, 2.05) is 42.5 Å². The Labute approximate surface area is 153 Å². The van der Waals surface area contributed by atoms with Crippen LogP contribution in [0.5, 0.6) is 0 Å². The third-order valence-electron chi connectivity index (χ3n) is 4.36. The van der Waals surface area contributed by atoms with Crippen LogP contribution in [0.25, 0.3) is 0 Å². The number of carbonyl (C=O) groups is 1. The average Bonchev–Trinajstić information content (AvgIpc) is 3.11. The number of benzene rings is 2. The third-order valence-corrected chi connectivity index (χ3v) is 4.36. The highest BCUT2D eigenvalue weighted by Gasteiger charge is 2.23. The third kappa shape index (κ3) is 4.70. The first-order valence-electron chi connectivity index (χ1n) is 8.86. The van der Waals surface area contributed by atoms with Crippen LogP contribution >= 0.6 is 0 Å². The smallest absolute Gasteiger partial charge is 0.333 e. The number of carboxylic acid groups (broad SMARTS) is 1. The van der Waals surface area contributed by atoms with E-state index in [1.54, 1.807) is 6.92 Å². The molecule has 0 radical (unpaired) electrons. The minimum atomic E-state index is -0.943. The Hall–Kier alpha value is -2.66. The van der Waals surface area contributed by atoms with Crippen molar-refractivity contribution in [2.24, 2.45) is 5.16 Å². The number of hydrogen-bond acceptors (Lipinski definition) is 4. The lowest BCUT2D eigenvalue weighted by Crippen LogP contribution is -2.26. The molecular weight excluding hydrogens is 330 g/mol. The van der Waals surface area contributed by atoms with Gasteiger partial charge in [-0.05, 0) is 29.7 Å². The number of nitrogens with zero attached hydrogens (tertiary/aromatic N) is 1. The van der Waals surface area contributed by atoms with Gasteiger partial charge in [0, 0.05) is 25.9 Å². The fraction of sp³-hybridized carbons (Fsp3) is 0.333. The van der Waals surface area contributed by atoms with Crippen molar-refractivity contribution in [1.29, 1.82) is 0 Å². The Morgan fingerprint density at radius 1 is 1.23 bits per heavy atom. The van der Waals surface area contributed by atoms with Crippen molar-refractivity contribution in [3.63, 3.8) is 0 Å². The van der Waals surface area contributed by atoms with E-state index in [0.717, 1.165) is 29.7 Å². The number of hydrogen-bond donors (Lipinski definition) is 1. The molecule has 0 saturated carbocycles. The largest absolute Gasteiger partial charge is 0.479 e. The zero-order chi connectivity index (χ0) is 18.4. The summed E-state index contributed by atoms with van der Waals surface area (Å²) in [6.07, 6.45) is 1.10. The molecule has 1 unspecified atom stereocenters. The van der Waals surface area contributed by atoms with Gasteiger partial charge in [-0.1, -0.05) is 53.7 Å². The van der Waals surface area contributed by atoms with E-state index >= 15 is 0 Å². The molecule has 0 amide bonds. The lowest BCUT2D eigenvalue weighted by molar-refractivity contribution is -0.149. The highest BCUT2D eigenvalue weighted by atomic mass is 16.6. The van der Waals surface area contributed by atoms with Gasteiger partial charge in [-0.15, -0.1) is 0 Å². The second-order valence-corrected chi connectivity index (χ2v) is 6.35. The first-order valence-corrected chi connectivity index (χ1v) is 8.86. The van der Waals surface area contributed by atoms with Gasteiger partial charge in [0.15, 0.2) is 6.10 Å². The second kappa shape index (κ2) is 8.63. The Morgan fingerprint density at radius 2 is 2.00 bits per heavy atom. The minimum Gasteiger partial charge on any atom is -0.479 e. The van der Waals surface area contributed by atoms with Gasteiger partial charge in [-0.2, -0.15) is 0 Å². The first kappa shape index (κ1) is 18.1. The Balaban J connectivity index is 1.64. The monoisotopic (exact) mass is 353 g/mol. The van der Waals surface area contributed by atoms with Gasteiger partial charge in [-0.25, -0.2) is 4.79 Å². The van der Waals surface area contributed by atoms with Crippen molar-refractivity contribution in [3.05, 3.63) is 71.3 Å². The van der Waals surface area contributed by atoms with Gasteiger partial charge < -0.3 is 14.7 Å². The number of aliphatic carboxylic acids is 1. The van der Waals surface area contributed by atoms with E-state index < -0.39 is 12.1 Å². The number of rotatable bonds is 8. The lowest BCUT2D eigenvalue weighted by Gasteiger charge is -2.13. The topological polar surface area (TPSA) is 68.1 Å². The molecule has 0 aromatic heterocycles. The Kier molecular flexibility index (Phi) is 6.02. The molecule has 1 heterocycles. The molecule has 1 aliphatic heterocycles. The Bertz CT molecular complexity index is 773. The molecule has 1 aliphatic rings. The number of ether oxygens (including phenoxy) is 1. The van der Waals surface area contributed by atoms with Crippen LogP contribution < -0.4 is 0 Å². The number of carboxylic acids is 1. The molecule has 2 atom stereocenters. The van der Waals surface area contributed by atoms with Crippen LogP contribution in [0.3, 0.4) is 0 Å². The summed E-state index contributed by atoms with van der Waals surface area (Å²) in [6, 6.07) is 18.0. The van der Waals surface area contributed by atoms with Crippen LogP contribution in [0.4, 0.5) is 0 Å². The van der Waals surface area contributed by atoms with Gasteiger partial charge in [0.2, 0.25) is 0 Å². The van der Waals surface area contributed by atoms with Crippen LogP contribution in [0.1, 0.15) is 30.0 Å². The molecule has 0 spiro atoms. The van der Waals surface area contributed by atoms with Crippen molar-refractivity contribution in [2.75, 3.05) is 6.61 Å². The standard InChI is InChI=1S/C21H23NO4/c1-2-25-20(21(23)24)13-16-9-6-10-17(11-16)19-14-18(26-22-19)12-15-7-4-3-5-8-15/h3-11,18,20H,2,12-14H2,1H3,(H,23,24)/t18?,20-/m1/s1. The SMILES string of the molecule is CCO[C@H](Cc1cccc(C2=NOC(Cc3ccccc3)C2)c1)C(=O)O. The molecule has 0 aliphatic carbocycles. The van der Waals surface area contributed by atoms with Gasteiger partial charge in [0.05, 0.1) is 5.71 Å².